The van der Waals surface area contributed by atoms with E-state index in [1.165, 1.54) is 18.4 Å². The van der Waals surface area contributed by atoms with E-state index >= 15 is 0 Å². The van der Waals surface area contributed by atoms with Gasteiger partial charge < -0.3 is 10.1 Å². The molecule has 1 aromatic heterocycles. The van der Waals surface area contributed by atoms with Gasteiger partial charge in [0.1, 0.15) is 17.4 Å². The van der Waals surface area contributed by atoms with Gasteiger partial charge in [0.25, 0.3) is 0 Å². The van der Waals surface area contributed by atoms with Gasteiger partial charge in [0.05, 0.1) is 12.8 Å². The maximum Gasteiger partial charge on any atom is 0.134 e. The van der Waals surface area contributed by atoms with Crippen LogP contribution in [0.2, 0.25) is 0 Å². The molecule has 1 aliphatic rings. The first-order chi connectivity index (χ1) is 10.1. The van der Waals surface area contributed by atoms with Crippen LogP contribution in [0.25, 0.3) is 11.3 Å². The predicted octanol–water partition coefficient (Wildman–Crippen LogP) is 3.69. The zero-order valence-corrected chi connectivity index (χ0v) is 13.0. The molecule has 4 heteroatoms. The lowest BCUT2D eigenvalue weighted by atomic mass is 10.0. The van der Waals surface area contributed by atoms with Crippen LogP contribution in [0.3, 0.4) is 0 Å². The van der Waals surface area contributed by atoms with E-state index in [-0.39, 0.29) is 0 Å². The Hall–Kier alpha value is -2.10. The van der Waals surface area contributed by atoms with E-state index in [2.05, 4.69) is 36.3 Å². The summed E-state index contributed by atoms with van der Waals surface area (Å²) in [6, 6.07) is 6.18. The van der Waals surface area contributed by atoms with E-state index in [4.69, 9.17) is 9.72 Å². The summed E-state index contributed by atoms with van der Waals surface area (Å²) in [6.45, 7) is 4.18. The maximum atomic E-state index is 5.62. The number of aromatic nitrogens is 2. The van der Waals surface area contributed by atoms with Crippen molar-refractivity contribution in [2.75, 3.05) is 19.5 Å². The fourth-order valence-corrected chi connectivity index (χ4v) is 2.51. The van der Waals surface area contributed by atoms with Crippen LogP contribution in [0.15, 0.2) is 18.2 Å². The molecule has 0 atom stereocenters. The van der Waals surface area contributed by atoms with Crippen molar-refractivity contribution in [2.45, 2.75) is 32.6 Å². The Balaban J connectivity index is 2.15. The average molecular weight is 283 g/mol. The van der Waals surface area contributed by atoms with Gasteiger partial charge >= 0.3 is 0 Å². The zero-order chi connectivity index (χ0) is 15.0. The third kappa shape index (κ3) is 2.58. The molecule has 1 fully saturated rings. The van der Waals surface area contributed by atoms with E-state index in [1.54, 1.807) is 7.11 Å². The van der Waals surface area contributed by atoms with Crippen LogP contribution in [0, 0.1) is 13.8 Å². The number of benzene rings is 1. The summed E-state index contributed by atoms with van der Waals surface area (Å²) in [7, 11) is 3.60. The summed E-state index contributed by atoms with van der Waals surface area (Å²) in [5, 5.41) is 3.13. The van der Waals surface area contributed by atoms with Crippen LogP contribution in [0.1, 0.15) is 35.7 Å². The number of nitrogens with zero attached hydrogens (tertiary/aromatic N) is 2. The first-order valence-electron chi connectivity index (χ1n) is 7.35. The van der Waals surface area contributed by atoms with Crippen molar-refractivity contribution < 1.29 is 4.74 Å². The van der Waals surface area contributed by atoms with Crippen LogP contribution in [-0.2, 0) is 0 Å². The molecule has 4 nitrogen and oxygen atoms in total. The Morgan fingerprint density at radius 3 is 2.57 bits per heavy atom. The molecule has 3 rings (SSSR count). The molecule has 0 amide bonds. The highest BCUT2D eigenvalue weighted by molar-refractivity contribution is 5.72. The van der Waals surface area contributed by atoms with E-state index in [9.17, 15) is 0 Å². The normalized spacial score (nSPS) is 14.1. The first kappa shape index (κ1) is 13.9. The summed E-state index contributed by atoms with van der Waals surface area (Å²) >= 11 is 0. The number of anilines is 1. The minimum Gasteiger partial charge on any atom is -0.496 e. The molecule has 1 saturated carbocycles. The minimum atomic E-state index is 0.523. The van der Waals surface area contributed by atoms with Gasteiger partial charge in [-0.05, 0) is 43.9 Å². The summed E-state index contributed by atoms with van der Waals surface area (Å²) in [6.07, 6.45) is 2.38. The lowest BCUT2D eigenvalue weighted by molar-refractivity contribution is 0.413. The van der Waals surface area contributed by atoms with Crippen molar-refractivity contribution in [1.82, 2.24) is 9.97 Å². The molecule has 1 aliphatic carbocycles. The first-order valence-corrected chi connectivity index (χ1v) is 7.35. The van der Waals surface area contributed by atoms with Gasteiger partial charge in [0, 0.05) is 24.6 Å². The highest BCUT2D eigenvalue weighted by Crippen LogP contribution is 2.40. The molecule has 2 aromatic rings. The molecule has 0 spiro atoms. The van der Waals surface area contributed by atoms with Crippen LogP contribution in [0.4, 0.5) is 5.82 Å². The lowest BCUT2D eigenvalue weighted by Crippen LogP contribution is -2.02. The van der Waals surface area contributed by atoms with Crippen LogP contribution in [0.5, 0.6) is 5.75 Å². The van der Waals surface area contributed by atoms with Crippen LogP contribution < -0.4 is 10.1 Å². The molecular weight excluding hydrogens is 262 g/mol. The van der Waals surface area contributed by atoms with E-state index < -0.39 is 0 Å². The number of methoxy groups -OCH3 is 1. The number of nitrogens with one attached hydrogen (secondary N) is 1. The summed E-state index contributed by atoms with van der Waals surface area (Å²) in [5.41, 5.74) is 4.34. The van der Waals surface area contributed by atoms with Gasteiger partial charge in [0.2, 0.25) is 0 Å². The van der Waals surface area contributed by atoms with Gasteiger partial charge in [-0.15, -0.1) is 0 Å². The highest BCUT2D eigenvalue weighted by atomic mass is 16.5. The van der Waals surface area contributed by atoms with Gasteiger partial charge in [-0.3, -0.25) is 0 Å². The second-order valence-electron chi connectivity index (χ2n) is 5.61. The zero-order valence-electron chi connectivity index (χ0n) is 13.0. The Bertz CT molecular complexity index is 678. The van der Waals surface area contributed by atoms with Gasteiger partial charge in [-0.2, -0.15) is 0 Å². The van der Waals surface area contributed by atoms with Crippen molar-refractivity contribution >= 4 is 5.82 Å². The molecule has 1 heterocycles. The Kier molecular flexibility index (Phi) is 3.53. The molecule has 1 aromatic carbocycles. The fraction of sp³-hybridized carbons (Fsp3) is 0.412. The van der Waals surface area contributed by atoms with Crippen molar-refractivity contribution in [3.05, 3.63) is 35.2 Å². The van der Waals surface area contributed by atoms with Crippen molar-refractivity contribution in [3.8, 4) is 17.0 Å². The topological polar surface area (TPSA) is 47.0 Å². The standard InChI is InChI=1S/C17H21N3O/c1-10-5-8-13(16(21-4)11(10)2)14-9-15(18-3)20-17(19-14)12-6-7-12/h5,8-9,12H,6-7H2,1-4H3,(H,18,19,20). The molecule has 0 bridgehead atoms. The maximum absolute atomic E-state index is 5.62. The summed E-state index contributed by atoms with van der Waals surface area (Å²) in [5.74, 6) is 3.23. The molecule has 0 aliphatic heterocycles. The summed E-state index contributed by atoms with van der Waals surface area (Å²) < 4.78 is 5.62. The van der Waals surface area contributed by atoms with Crippen LogP contribution in [-0.4, -0.2) is 24.1 Å². The third-order valence-electron chi connectivity index (χ3n) is 4.10. The third-order valence-corrected chi connectivity index (χ3v) is 4.10. The molecule has 110 valence electrons. The lowest BCUT2D eigenvalue weighted by Gasteiger charge is -2.14. The second-order valence-corrected chi connectivity index (χ2v) is 5.61. The van der Waals surface area contributed by atoms with Crippen molar-refractivity contribution in [3.63, 3.8) is 0 Å². The molecule has 1 N–H and O–H groups in total. The second kappa shape index (κ2) is 5.35. The SMILES string of the molecule is CNc1cc(-c2ccc(C)c(C)c2OC)nc(C2CC2)n1. The minimum absolute atomic E-state index is 0.523. The smallest absolute Gasteiger partial charge is 0.134 e. The Labute approximate surface area is 125 Å². The quantitative estimate of drug-likeness (QED) is 0.929. The monoisotopic (exact) mass is 283 g/mol. The van der Waals surface area contributed by atoms with E-state index in [0.29, 0.717) is 5.92 Å². The number of hydrogen-bond acceptors (Lipinski definition) is 4. The molecule has 0 radical (unpaired) electrons. The van der Waals surface area contributed by atoms with E-state index in [1.807, 2.05) is 13.1 Å². The Morgan fingerprint density at radius 1 is 1.19 bits per heavy atom. The van der Waals surface area contributed by atoms with Crippen LogP contribution >= 0.6 is 0 Å². The van der Waals surface area contributed by atoms with Crippen molar-refractivity contribution in [1.29, 1.82) is 0 Å². The van der Waals surface area contributed by atoms with Gasteiger partial charge in [0.15, 0.2) is 0 Å². The number of rotatable bonds is 4. The Morgan fingerprint density at radius 2 is 1.95 bits per heavy atom. The molecule has 0 unspecified atom stereocenters. The largest absolute Gasteiger partial charge is 0.496 e. The average Bonchev–Trinajstić information content (AvgIpc) is 3.34. The molecule has 0 saturated heterocycles. The van der Waals surface area contributed by atoms with E-state index in [0.717, 1.165) is 34.2 Å². The van der Waals surface area contributed by atoms with Gasteiger partial charge in [-0.25, -0.2) is 9.97 Å². The van der Waals surface area contributed by atoms with Crippen molar-refractivity contribution in [2.24, 2.45) is 0 Å². The predicted molar refractivity (Wildman–Crippen MR) is 85.0 cm³/mol. The van der Waals surface area contributed by atoms with Gasteiger partial charge in [-0.1, -0.05) is 6.07 Å². The fourth-order valence-electron chi connectivity index (χ4n) is 2.51. The highest BCUT2D eigenvalue weighted by Gasteiger charge is 2.27. The molecule has 21 heavy (non-hydrogen) atoms. The number of hydrogen-bond donors (Lipinski definition) is 1. The molecular formula is C17H21N3O. The summed E-state index contributed by atoms with van der Waals surface area (Å²) in [4.78, 5) is 9.33. The number of ether oxygens (including phenoxy) is 1. The number of aryl methyl sites for hydroxylation is 1.